The van der Waals surface area contributed by atoms with E-state index >= 15 is 0 Å². The minimum absolute atomic E-state index is 0.0681. The van der Waals surface area contributed by atoms with Gasteiger partial charge in [0, 0.05) is 26.8 Å². The molecule has 1 saturated heterocycles. The Bertz CT molecular complexity index is 549. The quantitative estimate of drug-likeness (QED) is 0.838. The van der Waals surface area contributed by atoms with Gasteiger partial charge in [-0.05, 0) is 57.7 Å². The van der Waals surface area contributed by atoms with Gasteiger partial charge in [-0.1, -0.05) is 0 Å². The van der Waals surface area contributed by atoms with Gasteiger partial charge in [-0.2, -0.15) is 0 Å². The maximum Gasteiger partial charge on any atom is 0.410 e. The van der Waals surface area contributed by atoms with Gasteiger partial charge in [0.1, 0.15) is 11.4 Å². The second kappa shape index (κ2) is 6.15. The van der Waals surface area contributed by atoms with Crippen molar-refractivity contribution >= 4 is 11.9 Å². The third kappa shape index (κ3) is 3.70. The van der Waals surface area contributed by atoms with Crippen molar-refractivity contribution in [3.8, 4) is 0 Å². The van der Waals surface area contributed by atoms with E-state index in [-0.39, 0.29) is 12.1 Å². The van der Waals surface area contributed by atoms with Crippen molar-refractivity contribution in [1.29, 1.82) is 0 Å². The molecule has 1 aliphatic rings. The van der Waals surface area contributed by atoms with E-state index in [4.69, 9.17) is 4.74 Å². The van der Waals surface area contributed by atoms with Crippen molar-refractivity contribution in [3.05, 3.63) is 23.4 Å². The molecular formula is C17H27N3O2. The average molecular weight is 305 g/mol. The van der Waals surface area contributed by atoms with Gasteiger partial charge in [0.05, 0.1) is 6.04 Å². The monoisotopic (exact) mass is 305 g/mol. The molecule has 1 aromatic heterocycles. The minimum atomic E-state index is -0.466. The molecule has 1 aliphatic heterocycles. The number of pyridine rings is 1. The second-order valence-electron chi connectivity index (χ2n) is 7.13. The third-order valence-electron chi connectivity index (χ3n) is 3.83. The van der Waals surface area contributed by atoms with E-state index in [9.17, 15) is 4.79 Å². The van der Waals surface area contributed by atoms with E-state index in [0.717, 1.165) is 30.8 Å². The third-order valence-corrected chi connectivity index (χ3v) is 3.83. The predicted molar refractivity (Wildman–Crippen MR) is 88.2 cm³/mol. The zero-order valence-electron chi connectivity index (χ0n) is 14.5. The molecule has 0 bridgehead atoms. The first-order valence-electron chi connectivity index (χ1n) is 7.82. The summed E-state index contributed by atoms with van der Waals surface area (Å²) in [5, 5.41) is 0. The van der Waals surface area contributed by atoms with Gasteiger partial charge in [-0.15, -0.1) is 0 Å². The van der Waals surface area contributed by atoms with Gasteiger partial charge in [0.15, 0.2) is 0 Å². The number of aromatic nitrogens is 1. The summed E-state index contributed by atoms with van der Waals surface area (Å²) in [5.41, 5.74) is 1.82. The number of carbonyl (C=O) groups excluding carboxylic acids is 1. The number of anilines is 1. The molecular weight excluding hydrogens is 278 g/mol. The molecule has 1 fully saturated rings. The average Bonchev–Trinajstić information content (AvgIpc) is 2.85. The van der Waals surface area contributed by atoms with E-state index in [1.165, 1.54) is 5.56 Å². The summed E-state index contributed by atoms with van der Waals surface area (Å²) in [6.45, 7) is 8.52. The highest BCUT2D eigenvalue weighted by molar-refractivity contribution is 5.69. The Morgan fingerprint density at radius 1 is 1.41 bits per heavy atom. The van der Waals surface area contributed by atoms with Crippen LogP contribution in [0.4, 0.5) is 10.6 Å². The number of aryl methyl sites for hydroxylation is 1. The van der Waals surface area contributed by atoms with Crippen molar-refractivity contribution in [2.75, 3.05) is 25.5 Å². The van der Waals surface area contributed by atoms with Crippen molar-refractivity contribution in [3.63, 3.8) is 0 Å². The van der Waals surface area contributed by atoms with Crippen LogP contribution in [0.1, 0.15) is 50.8 Å². The molecule has 1 aromatic rings. The Morgan fingerprint density at radius 3 is 2.64 bits per heavy atom. The Balaban J connectivity index is 2.22. The first kappa shape index (κ1) is 16.6. The molecule has 0 spiro atoms. The lowest BCUT2D eigenvalue weighted by Crippen LogP contribution is -2.36. The van der Waals surface area contributed by atoms with Gasteiger partial charge in [0.25, 0.3) is 0 Å². The van der Waals surface area contributed by atoms with Gasteiger partial charge < -0.3 is 14.5 Å². The maximum atomic E-state index is 12.4. The maximum absolute atomic E-state index is 12.4. The Labute approximate surface area is 133 Å². The summed E-state index contributed by atoms with van der Waals surface area (Å²) in [7, 11) is 3.95. The van der Waals surface area contributed by atoms with Crippen LogP contribution in [0.5, 0.6) is 0 Å². The molecule has 2 heterocycles. The minimum Gasteiger partial charge on any atom is -0.444 e. The fourth-order valence-electron chi connectivity index (χ4n) is 2.77. The zero-order valence-corrected chi connectivity index (χ0v) is 14.5. The number of nitrogens with zero attached hydrogens (tertiary/aromatic N) is 3. The zero-order chi connectivity index (χ0) is 16.5. The molecule has 0 radical (unpaired) electrons. The summed E-state index contributed by atoms with van der Waals surface area (Å²) < 4.78 is 5.53. The van der Waals surface area contributed by atoms with Crippen molar-refractivity contribution < 1.29 is 9.53 Å². The van der Waals surface area contributed by atoms with E-state index in [0.29, 0.717) is 0 Å². The lowest BCUT2D eigenvalue weighted by atomic mass is 10.0. The SMILES string of the molecule is Cc1cc(N(C)C)ncc1[C@@H]1CCCN1C(=O)OC(C)(C)C. The topological polar surface area (TPSA) is 45.7 Å². The molecule has 22 heavy (non-hydrogen) atoms. The van der Waals surface area contributed by atoms with Crippen LogP contribution >= 0.6 is 0 Å². The molecule has 0 aliphatic carbocycles. The number of ether oxygens (including phenoxy) is 1. The molecule has 0 N–H and O–H groups in total. The highest BCUT2D eigenvalue weighted by Crippen LogP contribution is 2.35. The summed E-state index contributed by atoms with van der Waals surface area (Å²) in [6, 6.07) is 2.14. The number of hydrogen-bond donors (Lipinski definition) is 0. The first-order valence-corrected chi connectivity index (χ1v) is 7.82. The fraction of sp³-hybridized carbons (Fsp3) is 0.647. The van der Waals surface area contributed by atoms with E-state index in [2.05, 4.69) is 18.0 Å². The van der Waals surface area contributed by atoms with Crippen LogP contribution in [0.2, 0.25) is 0 Å². The summed E-state index contributed by atoms with van der Waals surface area (Å²) in [6.07, 6.45) is 3.63. The van der Waals surface area contributed by atoms with Crippen LogP contribution in [-0.2, 0) is 4.74 Å². The molecule has 1 amide bonds. The van der Waals surface area contributed by atoms with Crippen molar-refractivity contribution in [2.45, 2.75) is 52.2 Å². The van der Waals surface area contributed by atoms with Crippen LogP contribution in [-0.4, -0.2) is 42.2 Å². The summed E-state index contributed by atoms with van der Waals surface area (Å²) in [4.78, 5) is 20.7. The van der Waals surface area contributed by atoms with Crippen LogP contribution in [0.25, 0.3) is 0 Å². The van der Waals surface area contributed by atoms with E-state index in [1.54, 1.807) is 0 Å². The predicted octanol–water partition coefficient (Wildman–Crippen LogP) is 3.53. The number of carbonyl (C=O) groups is 1. The molecule has 5 heteroatoms. The lowest BCUT2D eigenvalue weighted by Gasteiger charge is -2.29. The van der Waals surface area contributed by atoms with Crippen molar-refractivity contribution in [2.24, 2.45) is 0 Å². The summed E-state index contributed by atoms with van der Waals surface area (Å²) >= 11 is 0. The van der Waals surface area contributed by atoms with E-state index in [1.807, 2.05) is 50.9 Å². The highest BCUT2D eigenvalue weighted by Gasteiger charge is 2.34. The van der Waals surface area contributed by atoms with Crippen LogP contribution < -0.4 is 4.90 Å². The molecule has 0 aromatic carbocycles. The second-order valence-corrected chi connectivity index (χ2v) is 7.13. The van der Waals surface area contributed by atoms with Gasteiger partial charge in [-0.25, -0.2) is 9.78 Å². The van der Waals surface area contributed by atoms with Crippen molar-refractivity contribution in [1.82, 2.24) is 9.88 Å². The Morgan fingerprint density at radius 2 is 2.09 bits per heavy atom. The molecule has 5 nitrogen and oxygen atoms in total. The number of likely N-dealkylation sites (tertiary alicyclic amines) is 1. The van der Waals surface area contributed by atoms with Crippen LogP contribution in [0.3, 0.4) is 0 Å². The largest absolute Gasteiger partial charge is 0.444 e. The molecule has 0 unspecified atom stereocenters. The first-order chi connectivity index (χ1) is 10.2. The van der Waals surface area contributed by atoms with Gasteiger partial charge in [-0.3, -0.25) is 0 Å². The molecule has 122 valence electrons. The lowest BCUT2D eigenvalue weighted by molar-refractivity contribution is 0.0224. The Hall–Kier alpha value is -1.78. The van der Waals surface area contributed by atoms with Gasteiger partial charge >= 0.3 is 6.09 Å². The number of amides is 1. The molecule has 1 atom stereocenters. The number of hydrogen-bond acceptors (Lipinski definition) is 4. The van der Waals surface area contributed by atoms with Crippen LogP contribution in [0, 0.1) is 6.92 Å². The number of rotatable bonds is 2. The fourth-order valence-corrected chi connectivity index (χ4v) is 2.77. The normalized spacial score (nSPS) is 18.5. The molecule has 0 saturated carbocycles. The van der Waals surface area contributed by atoms with E-state index < -0.39 is 5.60 Å². The standard InChI is InChI=1S/C17H27N3O2/c1-12-10-15(19(5)6)18-11-13(12)14-8-7-9-20(14)16(21)22-17(2,3)4/h10-11,14H,7-9H2,1-6H3/t14-/m0/s1. The smallest absolute Gasteiger partial charge is 0.410 e. The Kier molecular flexibility index (Phi) is 4.63. The highest BCUT2D eigenvalue weighted by atomic mass is 16.6. The van der Waals surface area contributed by atoms with Crippen LogP contribution in [0.15, 0.2) is 12.3 Å². The summed E-state index contributed by atoms with van der Waals surface area (Å²) in [5.74, 6) is 0.933. The van der Waals surface area contributed by atoms with Gasteiger partial charge in [0.2, 0.25) is 0 Å². The molecule has 2 rings (SSSR count).